The van der Waals surface area contributed by atoms with Crippen LogP contribution in [-0.4, -0.2) is 21.8 Å². The Morgan fingerprint density at radius 2 is 1.27 bits per heavy atom. The zero-order valence-electron chi connectivity index (χ0n) is 17.2. The molecular formula is C23H18N4O6. The van der Waals surface area contributed by atoms with E-state index in [4.69, 9.17) is 0 Å². The lowest BCUT2D eigenvalue weighted by molar-refractivity contribution is -0.385. The standard InChI is InChI=1S/C23H18N4O6/c28-21-14-20(15-6-10-18(11-7-15)26(30)31)22(16-8-12-19(13-9-16)27(32)33)24-23(29)25(21)17-4-2-1-3-5-17/h1-13,20,22H,14H2,(H,24,29)/t20-,22-/m0/s1. The van der Waals surface area contributed by atoms with Gasteiger partial charge in [-0.15, -0.1) is 0 Å². The van der Waals surface area contributed by atoms with Crippen molar-refractivity contribution >= 4 is 29.0 Å². The number of hydrogen-bond acceptors (Lipinski definition) is 6. The number of para-hydroxylation sites is 1. The maximum absolute atomic E-state index is 13.2. The van der Waals surface area contributed by atoms with Gasteiger partial charge in [0.05, 0.1) is 21.6 Å². The van der Waals surface area contributed by atoms with Gasteiger partial charge in [0.25, 0.3) is 11.4 Å². The van der Waals surface area contributed by atoms with Crippen LogP contribution < -0.4 is 10.2 Å². The van der Waals surface area contributed by atoms with Gasteiger partial charge in [0.15, 0.2) is 0 Å². The van der Waals surface area contributed by atoms with Crippen LogP contribution in [0.2, 0.25) is 0 Å². The summed E-state index contributed by atoms with van der Waals surface area (Å²) >= 11 is 0. The lowest BCUT2D eigenvalue weighted by Crippen LogP contribution is -2.42. The van der Waals surface area contributed by atoms with Crippen LogP contribution in [0.25, 0.3) is 0 Å². The number of carbonyl (C=O) groups is 2. The number of rotatable bonds is 5. The van der Waals surface area contributed by atoms with Gasteiger partial charge in [0.2, 0.25) is 5.91 Å². The van der Waals surface area contributed by atoms with Crippen molar-refractivity contribution in [1.29, 1.82) is 0 Å². The quantitative estimate of drug-likeness (QED) is 0.453. The number of urea groups is 1. The predicted molar refractivity (Wildman–Crippen MR) is 119 cm³/mol. The van der Waals surface area contributed by atoms with Crippen LogP contribution in [0, 0.1) is 20.2 Å². The second-order valence-corrected chi connectivity index (χ2v) is 7.50. The molecule has 0 saturated carbocycles. The average Bonchev–Trinajstić information content (AvgIpc) is 2.95. The van der Waals surface area contributed by atoms with Crippen molar-refractivity contribution in [2.75, 3.05) is 4.90 Å². The smallest absolute Gasteiger partial charge is 0.329 e. The maximum atomic E-state index is 13.2. The van der Waals surface area contributed by atoms with Gasteiger partial charge in [-0.05, 0) is 23.3 Å². The zero-order chi connectivity index (χ0) is 23.5. The number of nitro groups is 2. The molecule has 2 atom stereocenters. The third-order valence-electron chi connectivity index (χ3n) is 5.54. The van der Waals surface area contributed by atoms with E-state index in [1.54, 1.807) is 42.5 Å². The SMILES string of the molecule is O=C1C[C@@H](c2ccc([N+](=O)[O-])cc2)[C@H](c2ccc([N+](=O)[O-])cc2)NC(=O)N1c1ccccc1. The van der Waals surface area contributed by atoms with Gasteiger partial charge in [-0.2, -0.15) is 0 Å². The second-order valence-electron chi connectivity index (χ2n) is 7.50. The molecule has 0 bridgehead atoms. The van der Waals surface area contributed by atoms with Crippen molar-refractivity contribution in [2.45, 2.75) is 18.4 Å². The number of amides is 3. The van der Waals surface area contributed by atoms with Gasteiger partial charge in [0.1, 0.15) is 0 Å². The molecule has 0 aromatic heterocycles. The molecule has 1 fully saturated rings. The predicted octanol–water partition coefficient (Wildman–Crippen LogP) is 4.47. The van der Waals surface area contributed by atoms with Crippen molar-refractivity contribution in [3.05, 3.63) is 110 Å². The maximum Gasteiger partial charge on any atom is 0.329 e. The minimum absolute atomic E-state index is 0.0624. The molecule has 0 aliphatic carbocycles. The first-order chi connectivity index (χ1) is 15.8. The molecule has 4 rings (SSSR count). The fourth-order valence-electron chi connectivity index (χ4n) is 3.92. The summed E-state index contributed by atoms with van der Waals surface area (Å²) in [4.78, 5) is 48.4. The van der Waals surface area contributed by atoms with Crippen LogP contribution in [-0.2, 0) is 4.79 Å². The van der Waals surface area contributed by atoms with Crippen molar-refractivity contribution in [1.82, 2.24) is 5.32 Å². The molecule has 10 heteroatoms. The molecule has 1 N–H and O–H groups in total. The molecule has 1 saturated heterocycles. The van der Waals surface area contributed by atoms with Crippen molar-refractivity contribution in [3.8, 4) is 0 Å². The highest BCUT2D eigenvalue weighted by Gasteiger charge is 2.38. The van der Waals surface area contributed by atoms with Gasteiger partial charge in [0, 0.05) is 36.6 Å². The van der Waals surface area contributed by atoms with Crippen molar-refractivity contribution in [3.63, 3.8) is 0 Å². The number of carbonyl (C=O) groups excluding carboxylic acids is 2. The number of hydrogen-bond donors (Lipinski definition) is 1. The molecule has 33 heavy (non-hydrogen) atoms. The van der Waals surface area contributed by atoms with Gasteiger partial charge < -0.3 is 5.32 Å². The molecule has 1 heterocycles. The lowest BCUT2D eigenvalue weighted by atomic mass is 9.84. The summed E-state index contributed by atoms with van der Waals surface area (Å²) in [6, 6.07) is 18.7. The van der Waals surface area contributed by atoms with E-state index < -0.39 is 33.7 Å². The highest BCUT2D eigenvalue weighted by molar-refractivity contribution is 6.15. The fourth-order valence-corrected chi connectivity index (χ4v) is 3.92. The number of nitrogens with one attached hydrogen (secondary N) is 1. The molecule has 10 nitrogen and oxygen atoms in total. The Labute approximate surface area is 187 Å². The monoisotopic (exact) mass is 446 g/mol. The largest absolute Gasteiger partial charge is 0.330 e. The molecule has 3 aromatic carbocycles. The fraction of sp³-hybridized carbons (Fsp3) is 0.130. The van der Waals surface area contributed by atoms with Gasteiger partial charge in [-0.1, -0.05) is 42.5 Å². The normalized spacial score (nSPS) is 18.4. The molecular weight excluding hydrogens is 428 g/mol. The molecule has 3 aromatic rings. The number of benzene rings is 3. The summed E-state index contributed by atoms with van der Waals surface area (Å²) in [5, 5.41) is 25.0. The van der Waals surface area contributed by atoms with Crippen LogP contribution in [0.15, 0.2) is 78.9 Å². The number of nitrogens with zero attached hydrogens (tertiary/aromatic N) is 3. The Morgan fingerprint density at radius 3 is 1.79 bits per heavy atom. The summed E-state index contributed by atoms with van der Waals surface area (Å²) in [6.45, 7) is 0. The summed E-state index contributed by atoms with van der Waals surface area (Å²) in [7, 11) is 0. The minimum Gasteiger partial charge on any atom is -0.330 e. The number of nitro benzene ring substituents is 2. The summed E-state index contributed by atoms with van der Waals surface area (Å²) in [6.07, 6.45) is -0.0624. The minimum atomic E-state index is -0.697. The first kappa shape index (κ1) is 21.6. The van der Waals surface area contributed by atoms with Crippen LogP contribution in [0.1, 0.15) is 29.5 Å². The Kier molecular flexibility index (Phi) is 5.81. The van der Waals surface area contributed by atoms with Crippen LogP contribution >= 0.6 is 0 Å². The molecule has 0 unspecified atom stereocenters. The van der Waals surface area contributed by atoms with E-state index in [9.17, 15) is 29.8 Å². The highest BCUT2D eigenvalue weighted by Crippen LogP contribution is 2.38. The molecule has 1 aliphatic heterocycles. The molecule has 0 radical (unpaired) electrons. The first-order valence-corrected chi connectivity index (χ1v) is 10.0. The van der Waals surface area contributed by atoms with Crippen LogP contribution in [0.5, 0.6) is 0 Å². The van der Waals surface area contributed by atoms with Gasteiger partial charge in [-0.3, -0.25) is 25.0 Å². The summed E-state index contributed by atoms with van der Waals surface area (Å²) < 4.78 is 0. The van der Waals surface area contributed by atoms with Crippen molar-refractivity contribution < 1.29 is 19.4 Å². The molecule has 166 valence electrons. The van der Waals surface area contributed by atoms with E-state index in [2.05, 4.69) is 5.32 Å². The Bertz CT molecular complexity index is 1130. The third-order valence-corrected chi connectivity index (χ3v) is 5.54. The van der Waals surface area contributed by atoms with Crippen LogP contribution in [0.3, 0.4) is 0 Å². The van der Waals surface area contributed by atoms with Crippen LogP contribution in [0.4, 0.5) is 21.9 Å². The topological polar surface area (TPSA) is 136 Å². The Hall–Kier alpha value is -4.60. The second kappa shape index (κ2) is 8.87. The van der Waals surface area contributed by atoms with E-state index in [1.807, 2.05) is 0 Å². The molecule has 0 spiro atoms. The van der Waals surface area contributed by atoms with E-state index in [-0.39, 0.29) is 17.8 Å². The Morgan fingerprint density at radius 1 is 0.758 bits per heavy atom. The zero-order valence-corrected chi connectivity index (χ0v) is 17.2. The first-order valence-electron chi connectivity index (χ1n) is 10.0. The number of non-ortho nitro benzene ring substituents is 2. The third kappa shape index (κ3) is 4.40. The Balaban J connectivity index is 1.77. The summed E-state index contributed by atoms with van der Waals surface area (Å²) in [5.74, 6) is -0.996. The van der Waals surface area contributed by atoms with Crippen molar-refractivity contribution in [2.24, 2.45) is 0 Å². The number of anilines is 1. The average molecular weight is 446 g/mol. The highest BCUT2D eigenvalue weighted by atomic mass is 16.6. The van der Waals surface area contributed by atoms with Gasteiger partial charge in [-0.25, -0.2) is 9.69 Å². The lowest BCUT2D eigenvalue weighted by Gasteiger charge is -2.25. The van der Waals surface area contributed by atoms with E-state index in [0.29, 0.717) is 16.8 Å². The van der Waals surface area contributed by atoms with E-state index >= 15 is 0 Å². The summed E-state index contributed by atoms with van der Waals surface area (Å²) in [5.41, 5.74) is 1.40. The van der Waals surface area contributed by atoms with E-state index in [1.165, 1.54) is 36.4 Å². The van der Waals surface area contributed by atoms with E-state index in [0.717, 1.165) is 4.90 Å². The number of imide groups is 1. The van der Waals surface area contributed by atoms with Gasteiger partial charge >= 0.3 is 6.03 Å². The molecule has 1 aliphatic rings. The molecule has 3 amide bonds.